The highest BCUT2D eigenvalue weighted by atomic mass is 19.1. The maximum absolute atomic E-state index is 14.7. The molecule has 0 spiro atoms. The van der Waals surface area contributed by atoms with Crippen LogP contribution in [0.5, 0.6) is 0 Å². The van der Waals surface area contributed by atoms with E-state index in [0.29, 0.717) is 37.8 Å². The third kappa shape index (κ3) is 5.83. The Bertz CT molecular complexity index is 701. The summed E-state index contributed by atoms with van der Waals surface area (Å²) in [6.45, 7) is 9.58. The summed E-state index contributed by atoms with van der Waals surface area (Å²) < 4.78 is 20.3. The summed E-state index contributed by atoms with van der Waals surface area (Å²) in [5.74, 6) is 0.492. The molecule has 0 bridgehead atoms. The van der Waals surface area contributed by atoms with Gasteiger partial charge in [0.25, 0.3) is 0 Å². The van der Waals surface area contributed by atoms with Crippen LogP contribution in [0.25, 0.3) is 0 Å². The van der Waals surface area contributed by atoms with Gasteiger partial charge in [-0.2, -0.15) is 0 Å². The Morgan fingerprint density at radius 1 is 1.27 bits per heavy atom. The van der Waals surface area contributed by atoms with Gasteiger partial charge in [0.2, 0.25) is 0 Å². The minimum atomic E-state index is -0.174. The molecule has 1 aromatic carbocycles. The molecule has 8 heteroatoms. The predicted octanol–water partition coefficient (Wildman–Crippen LogP) is 1.42. The highest BCUT2D eigenvalue weighted by Gasteiger charge is 2.34. The number of ether oxygens (including phenoxy) is 1. The first-order valence-electron chi connectivity index (χ1n) is 11.0. The van der Waals surface area contributed by atoms with Gasteiger partial charge in [-0.25, -0.2) is 4.39 Å². The van der Waals surface area contributed by atoms with E-state index in [0.717, 1.165) is 51.3 Å². The van der Waals surface area contributed by atoms with Crippen LogP contribution in [0, 0.1) is 11.2 Å². The fourth-order valence-corrected chi connectivity index (χ4v) is 4.21. The number of hydrogen-bond acceptors (Lipinski definition) is 5. The summed E-state index contributed by atoms with van der Waals surface area (Å²) in [4.78, 5) is 8.78. The number of aliphatic hydroxyl groups excluding tert-OH is 1. The lowest BCUT2D eigenvalue weighted by Crippen LogP contribution is -2.46. The van der Waals surface area contributed by atoms with Crippen LogP contribution in [0.4, 0.5) is 10.1 Å². The van der Waals surface area contributed by atoms with Crippen molar-refractivity contribution in [1.29, 1.82) is 0 Å². The Labute approximate surface area is 179 Å². The summed E-state index contributed by atoms with van der Waals surface area (Å²) in [5, 5.41) is 16.0. The number of nitrogens with zero attached hydrogens (tertiary/aromatic N) is 3. The lowest BCUT2D eigenvalue weighted by molar-refractivity contribution is 0.127. The zero-order valence-electron chi connectivity index (χ0n) is 18.3. The molecule has 2 heterocycles. The van der Waals surface area contributed by atoms with Gasteiger partial charge in [0.1, 0.15) is 5.82 Å². The number of likely N-dealkylation sites (N-methyl/N-ethyl adjacent to an activating group) is 1. The Balaban J connectivity index is 1.51. The largest absolute Gasteiger partial charge is 0.396 e. The number of aliphatic imine (C=N–C) groups is 1. The van der Waals surface area contributed by atoms with Crippen LogP contribution in [0.1, 0.15) is 25.3 Å². The van der Waals surface area contributed by atoms with Crippen molar-refractivity contribution in [2.75, 3.05) is 71.0 Å². The van der Waals surface area contributed by atoms with Crippen molar-refractivity contribution in [1.82, 2.24) is 15.5 Å². The first-order chi connectivity index (χ1) is 14.6. The van der Waals surface area contributed by atoms with Crippen LogP contribution >= 0.6 is 0 Å². The summed E-state index contributed by atoms with van der Waals surface area (Å²) in [5.41, 5.74) is 1.51. The summed E-state index contributed by atoms with van der Waals surface area (Å²) in [6, 6.07) is 5.47. The second-order valence-electron chi connectivity index (χ2n) is 8.26. The molecule has 30 heavy (non-hydrogen) atoms. The quantitative estimate of drug-likeness (QED) is 0.436. The van der Waals surface area contributed by atoms with E-state index in [-0.39, 0.29) is 17.8 Å². The Kier molecular flexibility index (Phi) is 8.30. The maximum atomic E-state index is 14.7. The van der Waals surface area contributed by atoms with Gasteiger partial charge in [0.05, 0.1) is 12.3 Å². The first kappa shape index (κ1) is 22.8. The molecule has 2 saturated heterocycles. The molecule has 2 fully saturated rings. The molecule has 0 amide bonds. The molecule has 168 valence electrons. The van der Waals surface area contributed by atoms with Gasteiger partial charge in [-0.15, -0.1) is 0 Å². The van der Waals surface area contributed by atoms with Crippen molar-refractivity contribution in [3.05, 3.63) is 29.6 Å². The fraction of sp³-hybridized carbons (Fsp3) is 0.682. The number of anilines is 1. The molecule has 2 aliphatic heterocycles. The van der Waals surface area contributed by atoms with E-state index >= 15 is 0 Å². The zero-order chi connectivity index (χ0) is 21.4. The number of halogens is 1. The maximum Gasteiger partial charge on any atom is 0.191 e. The average Bonchev–Trinajstić information content (AvgIpc) is 3.23. The van der Waals surface area contributed by atoms with Crippen molar-refractivity contribution in [3.63, 3.8) is 0 Å². The molecule has 0 radical (unpaired) electrons. The number of nitrogens with one attached hydrogen (secondary N) is 2. The van der Waals surface area contributed by atoms with Gasteiger partial charge in [0.15, 0.2) is 5.96 Å². The zero-order valence-corrected chi connectivity index (χ0v) is 18.3. The molecule has 7 nitrogen and oxygen atoms in total. The lowest BCUT2D eigenvalue weighted by atomic mass is 9.84. The Morgan fingerprint density at radius 2 is 2.07 bits per heavy atom. The SMILES string of the molecule is CCN1CCN(c2ccc(CNC(=NC)NCC3(CCO)CCOC3)cc2F)CC1. The highest BCUT2D eigenvalue weighted by molar-refractivity contribution is 5.79. The number of benzene rings is 1. The summed E-state index contributed by atoms with van der Waals surface area (Å²) in [6.07, 6.45) is 1.63. The normalized spacial score (nSPS) is 23.1. The second kappa shape index (κ2) is 10.9. The van der Waals surface area contributed by atoms with E-state index in [1.165, 1.54) is 0 Å². The molecule has 0 aliphatic carbocycles. The molecule has 3 rings (SSSR count). The fourth-order valence-electron chi connectivity index (χ4n) is 4.21. The highest BCUT2D eigenvalue weighted by Crippen LogP contribution is 2.31. The van der Waals surface area contributed by atoms with Gasteiger partial charge in [0, 0.05) is 64.9 Å². The molecule has 0 saturated carbocycles. The van der Waals surface area contributed by atoms with Crippen LogP contribution in [0.2, 0.25) is 0 Å². The van der Waals surface area contributed by atoms with Crippen molar-refractivity contribution in [3.8, 4) is 0 Å². The molecule has 1 unspecified atom stereocenters. The molecule has 0 aromatic heterocycles. The number of aliphatic hydroxyl groups is 1. The van der Waals surface area contributed by atoms with Gasteiger partial charge < -0.3 is 30.3 Å². The topological polar surface area (TPSA) is 72.4 Å². The van der Waals surface area contributed by atoms with E-state index in [9.17, 15) is 9.50 Å². The number of guanidine groups is 1. The number of hydrogen-bond donors (Lipinski definition) is 3. The number of rotatable bonds is 8. The number of piperazine rings is 1. The van der Waals surface area contributed by atoms with Crippen LogP contribution in [-0.4, -0.2) is 82.1 Å². The molecular weight excluding hydrogens is 385 g/mol. The average molecular weight is 422 g/mol. The third-order valence-corrected chi connectivity index (χ3v) is 6.31. The van der Waals surface area contributed by atoms with Crippen molar-refractivity contribution in [2.45, 2.75) is 26.3 Å². The molecule has 1 atom stereocenters. The van der Waals surface area contributed by atoms with E-state index in [4.69, 9.17) is 4.74 Å². The molecule has 2 aliphatic rings. The van der Waals surface area contributed by atoms with Gasteiger partial charge in [-0.3, -0.25) is 4.99 Å². The van der Waals surface area contributed by atoms with Crippen LogP contribution in [0.15, 0.2) is 23.2 Å². The van der Waals surface area contributed by atoms with Crippen LogP contribution < -0.4 is 15.5 Å². The van der Waals surface area contributed by atoms with E-state index in [1.807, 2.05) is 12.1 Å². The third-order valence-electron chi connectivity index (χ3n) is 6.31. The molecule has 3 N–H and O–H groups in total. The van der Waals surface area contributed by atoms with E-state index in [2.05, 4.69) is 32.3 Å². The smallest absolute Gasteiger partial charge is 0.191 e. The Morgan fingerprint density at radius 3 is 2.67 bits per heavy atom. The minimum Gasteiger partial charge on any atom is -0.396 e. The lowest BCUT2D eigenvalue weighted by Gasteiger charge is -2.35. The Hall–Kier alpha value is -1.90. The van der Waals surface area contributed by atoms with Crippen LogP contribution in [-0.2, 0) is 11.3 Å². The van der Waals surface area contributed by atoms with Gasteiger partial charge >= 0.3 is 0 Å². The van der Waals surface area contributed by atoms with E-state index < -0.39 is 0 Å². The van der Waals surface area contributed by atoms with Gasteiger partial charge in [-0.05, 0) is 37.1 Å². The van der Waals surface area contributed by atoms with Gasteiger partial charge in [-0.1, -0.05) is 13.0 Å². The molecular formula is C22H36FN5O2. The standard InChI is InChI=1S/C22H36FN5O2/c1-3-27-8-10-28(11-9-27)20-5-4-18(14-19(20)23)15-25-21(24-2)26-16-22(6-12-29)7-13-30-17-22/h4-5,14,29H,3,6-13,15-17H2,1-2H3,(H2,24,25,26). The van der Waals surface area contributed by atoms with E-state index in [1.54, 1.807) is 13.1 Å². The van der Waals surface area contributed by atoms with Crippen molar-refractivity contribution < 1.29 is 14.2 Å². The first-order valence-corrected chi connectivity index (χ1v) is 11.0. The predicted molar refractivity (Wildman–Crippen MR) is 119 cm³/mol. The summed E-state index contributed by atoms with van der Waals surface area (Å²) in [7, 11) is 1.72. The molecule has 1 aromatic rings. The monoisotopic (exact) mass is 421 g/mol. The van der Waals surface area contributed by atoms with Crippen molar-refractivity contribution >= 4 is 11.6 Å². The van der Waals surface area contributed by atoms with Crippen LogP contribution in [0.3, 0.4) is 0 Å². The van der Waals surface area contributed by atoms with Crippen molar-refractivity contribution in [2.24, 2.45) is 10.4 Å². The minimum absolute atomic E-state index is 0.0536. The second-order valence-corrected chi connectivity index (χ2v) is 8.26. The summed E-state index contributed by atoms with van der Waals surface area (Å²) >= 11 is 0.